The highest BCUT2D eigenvalue weighted by Crippen LogP contribution is 2.24. The first-order valence-electron chi connectivity index (χ1n) is 7.36. The third-order valence-corrected chi connectivity index (χ3v) is 3.84. The van der Waals surface area contributed by atoms with Crippen molar-refractivity contribution < 1.29 is 9.90 Å². The molecule has 21 heavy (non-hydrogen) atoms. The molecule has 2 nitrogen and oxygen atoms in total. The molecule has 0 saturated heterocycles. The number of carbonyl (C=O) groups is 1. The molecule has 0 amide bonds. The van der Waals surface area contributed by atoms with E-state index in [4.69, 9.17) is 0 Å². The zero-order valence-electron chi connectivity index (χ0n) is 12.4. The monoisotopic (exact) mass is 281 g/mol. The minimum absolute atomic E-state index is 0.342. The first kappa shape index (κ1) is 15.3. The van der Waals surface area contributed by atoms with Gasteiger partial charge in [0.2, 0.25) is 0 Å². The van der Waals surface area contributed by atoms with Gasteiger partial charge >= 0.3 is 5.97 Å². The van der Waals surface area contributed by atoms with Crippen molar-refractivity contribution in [3.63, 3.8) is 0 Å². The summed E-state index contributed by atoms with van der Waals surface area (Å²) >= 11 is 0. The molecule has 2 aromatic rings. The summed E-state index contributed by atoms with van der Waals surface area (Å²) in [6.45, 7) is 6.26. The van der Waals surface area contributed by atoms with Crippen LogP contribution >= 0.6 is 0 Å². The normalized spacial score (nSPS) is 12.1. The molecule has 0 fully saturated rings. The van der Waals surface area contributed by atoms with Crippen LogP contribution in [0.2, 0.25) is 0 Å². The summed E-state index contributed by atoms with van der Waals surface area (Å²) in [5.41, 5.74) is 3.32. The molecule has 1 radical (unpaired) electrons. The topological polar surface area (TPSA) is 37.3 Å². The van der Waals surface area contributed by atoms with Gasteiger partial charge in [-0.25, -0.2) is 4.79 Å². The Morgan fingerprint density at radius 1 is 1.14 bits per heavy atom. The molecule has 1 N–H and O–H groups in total. The van der Waals surface area contributed by atoms with Crippen molar-refractivity contribution in [2.45, 2.75) is 26.2 Å². The molecular weight excluding hydrogens is 260 g/mol. The van der Waals surface area contributed by atoms with E-state index < -0.39 is 5.97 Å². The first-order chi connectivity index (χ1) is 10.1. The van der Waals surface area contributed by atoms with Crippen LogP contribution < -0.4 is 0 Å². The molecule has 1 unspecified atom stereocenters. The van der Waals surface area contributed by atoms with E-state index in [1.807, 2.05) is 24.3 Å². The lowest BCUT2D eigenvalue weighted by Crippen LogP contribution is -1.99. The Labute approximate surface area is 126 Å². The second-order valence-corrected chi connectivity index (χ2v) is 5.36. The van der Waals surface area contributed by atoms with Crippen LogP contribution in [-0.4, -0.2) is 11.1 Å². The standard InChI is InChI=1S/C19H21O2/c1-3-14(2)8-9-15-10-12-16(13-11-15)17-6-4-5-7-18(17)19(20)21/h4-7,10-14H,2-3,8-9H2,1H3,(H,20,21). The van der Waals surface area contributed by atoms with Crippen LogP contribution in [0.25, 0.3) is 11.1 Å². The Morgan fingerprint density at radius 3 is 2.43 bits per heavy atom. The predicted octanol–water partition coefficient (Wildman–Crippen LogP) is 4.84. The largest absolute Gasteiger partial charge is 0.478 e. The maximum atomic E-state index is 11.3. The number of rotatable bonds is 6. The van der Waals surface area contributed by atoms with E-state index in [1.54, 1.807) is 12.1 Å². The van der Waals surface area contributed by atoms with Crippen molar-refractivity contribution in [3.8, 4) is 11.1 Å². The van der Waals surface area contributed by atoms with Crippen LogP contribution in [0.4, 0.5) is 0 Å². The van der Waals surface area contributed by atoms with Crippen LogP contribution in [0.5, 0.6) is 0 Å². The molecule has 0 aliphatic rings. The Hall–Kier alpha value is -2.09. The molecule has 109 valence electrons. The van der Waals surface area contributed by atoms with Gasteiger partial charge < -0.3 is 5.11 Å². The van der Waals surface area contributed by atoms with Crippen molar-refractivity contribution in [3.05, 3.63) is 66.6 Å². The smallest absolute Gasteiger partial charge is 0.336 e. The molecule has 2 aromatic carbocycles. The minimum Gasteiger partial charge on any atom is -0.478 e. The first-order valence-corrected chi connectivity index (χ1v) is 7.36. The summed E-state index contributed by atoms with van der Waals surface area (Å²) in [4.78, 5) is 11.3. The van der Waals surface area contributed by atoms with E-state index in [2.05, 4.69) is 26.0 Å². The molecule has 2 rings (SSSR count). The molecule has 1 atom stereocenters. The van der Waals surface area contributed by atoms with Gasteiger partial charge in [-0.3, -0.25) is 0 Å². The summed E-state index contributed by atoms with van der Waals surface area (Å²) in [5, 5.41) is 9.25. The Morgan fingerprint density at radius 2 is 1.81 bits per heavy atom. The summed E-state index contributed by atoms with van der Waals surface area (Å²) in [6, 6.07) is 15.3. The lowest BCUT2D eigenvalue weighted by molar-refractivity contribution is 0.0697. The minimum atomic E-state index is -0.891. The van der Waals surface area contributed by atoms with E-state index in [9.17, 15) is 9.90 Å². The highest BCUT2D eigenvalue weighted by Gasteiger charge is 2.10. The third kappa shape index (κ3) is 3.94. The summed E-state index contributed by atoms with van der Waals surface area (Å²) in [7, 11) is 0. The number of carboxylic acid groups (broad SMARTS) is 1. The quantitative estimate of drug-likeness (QED) is 0.822. The fraction of sp³-hybridized carbons (Fsp3) is 0.263. The summed E-state index contributed by atoms with van der Waals surface area (Å²) < 4.78 is 0. The van der Waals surface area contributed by atoms with Crippen molar-refractivity contribution in [2.24, 2.45) is 5.92 Å². The van der Waals surface area contributed by atoms with Gasteiger partial charge in [0.15, 0.2) is 0 Å². The number of benzene rings is 2. The molecule has 0 heterocycles. The fourth-order valence-corrected chi connectivity index (χ4v) is 2.35. The van der Waals surface area contributed by atoms with Crippen LogP contribution in [-0.2, 0) is 6.42 Å². The zero-order valence-corrected chi connectivity index (χ0v) is 12.4. The second kappa shape index (κ2) is 7.07. The van der Waals surface area contributed by atoms with E-state index in [0.29, 0.717) is 11.5 Å². The highest BCUT2D eigenvalue weighted by molar-refractivity contribution is 5.95. The molecule has 2 heteroatoms. The molecule has 0 aliphatic carbocycles. The van der Waals surface area contributed by atoms with Gasteiger partial charge in [0, 0.05) is 0 Å². The van der Waals surface area contributed by atoms with Crippen molar-refractivity contribution in [2.75, 3.05) is 0 Å². The molecule has 0 spiro atoms. The predicted molar refractivity (Wildman–Crippen MR) is 86.3 cm³/mol. The van der Waals surface area contributed by atoms with E-state index in [1.165, 1.54) is 5.56 Å². The van der Waals surface area contributed by atoms with E-state index in [-0.39, 0.29) is 0 Å². The number of hydrogen-bond donors (Lipinski definition) is 1. The maximum Gasteiger partial charge on any atom is 0.336 e. The van der Waals surface area contributed by atoms with Gasteiger partial charge in [-0.05, 0) is 41.5 Å². The molecule has 0 aromatic heterocycles. The van der Waals surface area contributed by atoms with Gasteiger partial charge in [-0.1, -0.05) is 62.7 Å². The zero-order chi connectivity index (χ0) is 15.2. The second-order valence-electron chi connectivity index (χ2n) is 5.36. The lowest BCUT2D eigenvalue weighted by atomic mass is 9.96. The lowest BCUT2D eigenvalue weighted by Gasteiger charge is -2.09. The molecule has 0 bridgehead atoms. The average molecular weight is 281 g/mol. The van der Waals surface area contributed by atoms with E-state index >= 15 is 0 Å². The van der Waals surface area contributed by atoms with Gasteiger partial charge in [-0.15, -0.1) is 0 Å². The van der Waals surface area contributed by atoms with Crippen molar-refractivity contribution >= 4 is 5.97 Å². The van der Waals surface area contributed by atoms with E-state index in [0.717, 1.165) is 30.4 Å². The Kier molecular flexibility index (Phi) is 5.15. The van der Waals surface area contributed by atoms with Crippen molar-refractivity contribution in [1.29, 1.82) is 0 Å². The van der Waals surface area contributed by atoms with Gasteiger partial charge in [0.05, 0.1) is 5.56 Å². The number of aromatic carboxylic acids is 1. The van der Waals surface area contributed by atoms with Crippen LogP contribution in [0.1, 0.15) is 35.7 Å². The van der Waals surface area contributed by atoms with Gasteiger partial charge in [0.1, 0.15) is 0 Å². The third-order valence-electron chi connectivity index (χ3n) is 3.84. The van der Waals surface area contributed by atoms with Gasteiger partial charge in [-0.2, -0.15) is 0 Å². The molecule has 0 saturated carbocycles. The fourth-order valence-electron chi connectivity index (χ4n) is 2.35. The highest BCUT2D eigenvalue weighted by atomic mass is 16.4. The number of aryl methyl sites for hydroxylation is 1. The van der Waals surface area contributed by atoms with Crippen LogP contribution in [0, 0.1) is 12.8 Å². The maximum absolute atomic E-state index is 11.3. The number of carboxylic acids is 1. The average Bonchev–Trinajstić information content (AvgIpc) is 2.53. The van der Waals surface area contributed by atoms with Gasteiger partial charge in [0.25, 0.3) is 0 Å². The molecule has 0 aliphatic heterocycles. The SMILES string of the molecule is [CH2]C(CC)CCc1ccc(-c2ccccc2C(=O)O)cc1. The summed E-state index contributed by atoms with van der Waals surface area (Å²) in [6.07, 6.45) is 3.20. The Balaban J connectivity index is 2.18. The summed E-state index contributed by atoms with van der Waals surface area (Å²) in [5.74, 6) is -0.394. The molecular formula is C19H21O2. The van der Waals surface area contributed by atoms with Crippen LogP contribution in [0.3, 0.4) is 0 Å². The Bertz CT molecular complexity index is 599. The van der Waals surface area contributed by atoms with Crippen molar-refractivity contribution in [1.82, 2.24) is 0 Å². The number of hydrogen-bond acceptors (Lipinski definition) is 1. The van der Waals surface area contributed by atoms with Crippen LogP contribution in [0.15, 0.2) is 48.5 Å².